The van der Waals surface area contributed by atoms with E-state index in [2.05, 4.69) is 10.4 Å². The van der Waals surface area contributed by atoms with E-state index in [9.17, 15) is 9.59 Å². The van der Waals surface area contributed by atoms with Crippen LogP contribution in [-0.2, 0) is 17.8 Å². The second-order valence-corrected chi connectivity index (χ2v) is 5.47. The molecule has 6 nitrogen and oxygen atoms in total. The summed E-state index contributed by atoms with van der Waals surface area (Å²) in [6.45, 7) is 1.55. The number of tetrazole rings is 1. The average Bonchev–Trinajstić information content (AvgIpc) is 2.98. The van der Waals surface area contributed by atoms with Crippen molar-refractivity contribution in [2.75, 3.05) is 0 Å². The minimum absolute atomic E-state index is 0.0182. The van der Waals surface area contributed by atoms with Gasteiger partial charge in [0.25, 0.3) is 5.82 Å². The van der Waals surface area contributed by atoms with Gasteiger partial charge in [-0.25, -0.2) is 0 Å². The van der Waals surface area contributed by atoms with Crippen molar-refractivity contribution in [2.24, 2.45) is 0 Å². The Balaban J connectivity index is 1.95. The van der Waals surface area contributed by atoms with Gasteiger partial charge < -0.3 is 0 Å². The van der Waals surface area contributed by atoms with Crippen molar-refractivity contribution in [3.05, 3.63) is 72.1 Å². The zero-order chi connectivity index (χ0) is 16.9. The van der Waals surface area contributed by atoms with Gasteiger partial charge in [-0.3, -0.25) is 9.59 Å². The molecule has 0 aliphatic rings. The van der Waals surface area contributed by atoms with Crippen molar-refractivity contribution in [2.45, 2.75) is 19.9 Å². The van der Waals surface area contributed by atoms with E-state index in [1.54, 1.807) is 16.8 Å². The number of hydrogen-bond acceptors (Lipinski definition) is 4. The van der Waals surface area contributed by atoms with Gasteiger partial charge in [0.05, 0.1) is 6.42 Å². The highest BCUT2D eigenvalue weighted by Gasteiger charge is 2.25. The maximum Gasteiger partial charge on any atom is 0.270 e. The number of benzene rings is 2. The second-order valence-electron chi connectivity index (χ2n) is 5.47. The molecule has 0 amide bonds. The number of carbonyl (C=O) groups is 2. The van der Waals surface area contributed by atoms with Crippen LogP contribution in [0, 0.1) is 0 Å². The largest absolute Gasteiger partial charge is 0.299 e. The molecule has 0 aliphatic carbocycles. The van der Waals surface area contributed by atoms with Crippen LogP contribution in [0.25, 0.3) is 5.69 Å². The highest BCUT2D eigenvalue weighted by atomic mass is 16.1. The first-order chi connectivity index (χ1) is 11.6. The summed E-state index contributed by atoms with van der Waals surface area (Å²) < 4.78 is 3.09. The SMILES string of the molecule is CC(=O)Cc1n(-c2ccccc2)nn[n+]1CC(=O)c1ccccc1. The van der Waals surface area contributed by atoms with E-state index in [0.29, 0.717) is 11.4 Å². The van der Waals surface area contributed by atoms with Gasteiger partial charge in [-0.2, -0.15) is 0 Å². The van der Waals surface area contributed by atoms with Crippen molar-refractivity contribution in [1.29, 1.82) is 0 Å². The highest BCUT2D eigenvalue weighted by Crippen LogP contribution is 2.08. The summed E-state index contributed by atoms with van der Waals surface area (Å²) in [5.41, 5.74) is 1.40. The molecule has 6 heteroatoms. The fraction of sp³-hybridized carbons (Fsp3) is 0.167. The predicted octanol–water partition coefficient (Wildman–Crippen LogP) is 1.57. The number of nitrogens with zero attached hydrogens (tertiary/aromatic N) is 4. The summed E-state index contributed by atoms with van der Waals surface area (Å²) in [5, 5.41) is 8.18. The van der Waals surface area contributed by atoms with Crippen LogP contribution in [0.15, 0.2) is 60.7 Å². The van der Waals surface area contributed by atoms with Crippen LogP contribution in [0.2, 0.25) is 0 Å². The van der Waals surface area contributed by atoms with E-state index in [4.69, 9.17) is 0 Å². The molecule has 3 aromatic rings. The van der Waals surface area contributed by atoms with Crippen molar-refractivity contribution < 1.29 is 14.3 Å². The van der Waals surface area contributed by atoms with Gasteiger partial charge in [0, 0.05) is 5.56 Å². The summed E-state index contributed by atoms with van der Waals surface area (Å²) in [6.07, 6.45) is 0.157. The van der Waals surface area contributed by atoms with Crippen LogP contribution in [-0.4, -0.2) is 26.7 Å². The lowest BCUT2D eigenvalue weighted by molar-refractivity contribution is -0.748. The molecule has 3 rings (SSSR count). The molecule has 0 radical (unpaired) electrons. The first kappa shape index (κ1) is 15.7. The van der Waals surface area contributed by atoms with Crippen LogP contribution in [0.1, 0.15) is 23.1 Å². The van der Waals surface area contributed by atoms with Gasteiger partial charge in [-0.05, 0) is 19.1 Å². The molecule has 2 aromatic carbocycles. The molecule has 0 atom stereocenters. The summed E-state index contributed by atoms with van der Waals surface area (Å²) in [7, 11) is 0. The number of ketones is 2. The van der Waals surface area contributed by atoms with Gasteiger partial charge in [0.1, 0.15) is 16.7 Å². The van der Waals surface area contributed by atoms with E-state index in [1.165, 1.54) is 11.6 Å². The van der Waals surface area contributed by atoms with Crippen molar-refractivity contribution in [3.8, 4) is 5.69 Å². The highest BCUT2D eigenvalue weighted by molar-refractivity contribution is 5.94. The van der Waals surface area contributed by atoms with Crippen LogP contribution in [0.5, 0.6) is 0 Å². The zero-order valence-electron chi connectivity index (χ0n) is 13.3. The second kappa shape index (κ2) is 6.95. The maximum atomic E-state index is 12.4. The molecule has 1 heterocycles. The van der Waals surface area contributed by atoms with Crippen LogP contribution in [0.3, 0.4) is 0 Å². The van der Waals surface area contributed by atoms with E-state index >= 15 is 0 Å². The molecule has 24 heavy (non-hydrogen) atoms. The number of rotatable bonds is 6. The van der Waals surface area contributed by atoms with Crippen LogP contribution >= 0.6 is 0 Å². The molecule has 0 unspecified atom stereocenters. The Morgan fingerprint density at radius 2 is 1.62 bits per heavy atom. The lowest BCUT2D eigenvalue weighted by atomic mass is 10.1. The predicted molar refractivity (Wildman–Crippen MR) is 86.7 cm³/mol. The van der Waals surface area contributed by atoms with Gasteiger partial charge in [0.15, 0.2) is 17.5 Å². The summed E-state index contributed by atoms with van der Waals surface area (Å²) in [4.78, 5) is 24.1. The molecular weight excluding hydrogens is 304 g/mol. The summed E-state index contributed by atoms with van der Waals surface area (Å²) in [6, 6.07) is 18.4. The fourth-order valence-electron chi connectivity index (χ4n) is 2.43. The molecule has 0 spiro atoms. The van der Waals surface area contributed by atoms with Crippen molar-refractivity contribution in [3.63, 3.8) is 0 Å². The standard InChI is InChI=1S/C18H17N4O2/c1-14(23)12-18-21(13-17(24)15-8-4-2-5-9-15)19-20-22(18)16-10-6-3-7-11-16/h2-11H,12-13H2,1H3/q+1. The third kappa shape index (κ3) is 3.43. The lowest BCUT2D eigenvalue weighted by Crippen LogP contribution is -2.44. The molecule has 0 aliphatic heterocycles. The number of hydrogen-bond donors (Lipinski definition) is 0. The first-order valence-corrected chi connectivity index (χ1v) is 7.63. The molecule has 0 fully saturated rings. The Hall–Kier alpha value is -3.15. The number of Topliss-reactive ketones (excluding diaryl/α,β-unsaturated/α-hetero) is 2. The van der Waals surface area contributed by atoms with E-state index in [-0.39, 0.29) is 24.5 Å². The maximum absolute atomic E-state index is 12.4. The minimum Gasteiger partial charge on any atom is -0.299 e. The van der Waals surface area contributed by atoms with Crippen LogP contribution < -0.4 is 4.68 Å². The van der Waals surface area contributed by atoms with Crippen molar-refractivity contribution >= 4 is 11.6 Å². The van der Waals surface area contributed by atoms with Gasteiger partial charge >= 0.3 is 0 Å². The van der Waals surface area contributed by atoms with Gasteiger partial charge in [0.2, 0.25) is 0 Å². The molecule has 0 N–H and O–H groups in total. The Kier molecular flexibility index (Phi) is 4.56. The lowest BCUT2D eigenvalue weighted by Gasteiger charge is -2.01. The minimum atomic E-state index is -0.0782. The van der Waals surface area contributed by atoms with E-state index in [0.717, 1.165) is 5.69 Å². The van der Waals surface area contributed by atoms with Gasteiger partial charge in [-0.1, -0.05) is 53.2 Å². The third-order valence-corrected chi connectivity index (χ3v) is 3.58. The molecule has 1 aromatic heterocycles. The molecular formula is C18H17N4O2+. The Morgan fingerprint density at radius 1 is 1.00 bits per heavy atom. The van der Waals surface area contributed by atoms with Gasteiger partial charge in [-0.15, -0.1) is 4.68 Å². The molecule has 120 valence electrons. The van der Waals surface area contributed by atoms with E-state index < -0.39 is 0 Å². The summed E-state index contributed by atoms with van der Waals surface area (Å²) in [5.74, 6) is 0.485. The van der Waals surface area contributed by atoms with Crippen molar-refractivity contribution in [1.82, 2.24) is 15.1 Å². The number of para-hydroxylation sites is 1. The van der Waals surface area contributed by atoms with E-state index in [1.807, 2.05) is 48.5 Å². The molecule has 0 saturated heterocycles. The van der Waals surface area contributed by atoms with Crippen LogP contribution in [0.4, 0.5) is 0 Å². The zero-order valence-corrected chi connectivity index (χ0v) is 13.3. The molecule has 0 bridgehead atoms. The third-order valence-electron chi connectivity index (χ3n) is 3.58. The number of aromatic nitrogens is 4. The average molecular weight is 321 g/mol. The normalized spacial score (nSPS) is 10.5. The quantitative estimate of drug-likeness (QED) is 0.510. The fourth-order valence-corrected chi connectivity index (χ4v) is 2.43. The summed E-state index contributed by atoms with van der Waals surface area (Å²) >= 11 is 0. The monoisotopic (exact) mass is 321 g/mol. The number of carbonyl (C=O) groups excluding carboxylic acids is 2. The molecule has 0 saturated carbocycles. The Morgan fingerprint density at radius 3 is 2.25 bits per heavy atom. The first-order valence-electron chi connectivity index (χ1n) is 7.63. The Bertz CT molecular complexity index is 857. The Labute approximate surface area is 139 Å². The topological polar surface area (TPSA) is 68.7 Å². The smallest absolute Gasteiger partial charge is 0.270 e.